The number of nitrogens with two attached hydrogens (primary N) is 1. The van der Waals surface area contributed by atoms with Gasteiger partial charge in [-0.05, 0) is 0 Å². The smallest absolute Gasteiger partial charge is 0.354 e. The minimum atomic E-state index is -0.709. The summed E-state index contributed by atoms with van der Waals surface area (Å²) in [5.74, 6) is -0.0890. The van der Waals surface area contributed by atoms with E-state index in [1.165, 1.54) is 6.33 Å². The highest BCUT2D eigenvalue weighted by Crippen LogP contribution is 2.18. The maximum Gasteiger partial charge on any atom is 0.354 e. The Balaban J connectivity index is 2.20. The number of hydrogen-bond donors (Lipinski definition) is 2. The van der Waals surface area contributed by atoms with E-state index in [2.05, 4.69) is 9.97 Å². The third kappa shape index (κ3) is 1.96. The molecule has 8 heteroatoms. The summed E-state index contributed by atoms with van der Waals surface area (Å²) in [6.45, 7) is -0.0977. The molecule has 2 rings (SSSR count). The Labute approximate surface area is 84.3 Å². The lowest BCUT2D eigenvalue weighted by Crippen LogP contribution is -2.29. The molecule has 0 aliphatic carbocycles. The fourth-order valence-electron chi connectivity index (χ4n) is 1.24. The van der Waals surface area contributed by atoms with Gasteiger partial charge in [0.2, 0.25) is 5.95 Å². The molecule has 0 saturated carbocycles. The SMILES string of the molecule is Nc1ncn([C@H]2CO[C@@H](CO)O2)c(=O)n1. The summed E-state index contributed by atoms with van der Waals surface area (Å²) >= 11 is 0. The van der Waals surface area contributed by atoms with Crippen LogP contribution in [0.1, 0.15) is 6.23 Å². The van der Waals surface area contributed by atoms with E-state index in [0.717, 1.165) is 4.57 Å². The van der Waals surface area contributed by atoms with Gasteiger partial charge in [0.1, 0.15) is 6.33 Å². The Morgan fingerprint density at radius 1 is 1.73 bits per heavy atom. The second kappa shape index (κ2) is 3.93. The van der Waals surface area contributed by atoms with E-state index in [0.29, 0.717) is 0 Å². The van der Waals surface area contributed by atoms with Gasteiger partial charge in [-0.2, -0.15) is 4.98 Å². The second-order valence-electron chi connectivity index (χ2n) is 2.94. The lowest BCUT2D eigenvalue weighted by Gasteiger charge is -2.10. The standard InChI is InChI=1S/C7H10N4O4/c8-6-9-3-11(7(13)10-6)4-2-14-5(1-12)15-4/h3-5,12H,1-2H2,(H2,8,10,13)/t4-,5-/m1/s1. The van der Waals surface area contributed by atoms with Crippen molar-refractivity contribution in [2.45, 2.75) is 12.5 Å². The van der Waals surface area contributed by atoms with Crippen LogP contribution in [0.25, 0.3) is 0 Å². The van der Waals surface area contributed by atoms with Gasteiger partial charge in [0.15, 0.2) is 12.5 Å². The summed E-state index contributed by atoms with van der Waals surface area (Å²) in [6.07, 6.45) is -0.0898. The first-order valence-electron chi connectivity index (χ1n) is 4.29. The molecular formula is C7H10N4O4. The average molecular weight is 214 g/mol. The molecule has 1 aromatic heterocycles. The van der Waals surface area contributed by atoms with Crippen LogP contribution >= 0.6 is 0 Å². The Kier molecular flexibility index (Phi) is 2.62. The zero-order chi connectivity index (χ0) is 10.8. The third-order valence-corrected chi connectivity index (χ3v) is 1.94. The van der Waals surface area contributed by atoms with E-state index in [1.54, 1.807) is 0 Å². The number of hydrogen-bond acceptors (Lipinski definition) is 7. The molecule has 0 bridgehead atoms. The molecule has 2 atom stereocenters. The quantitative estimate of drug-likeness (QED) is 0.590. The highest BCUT2D eigenvalue weighted by atomic mass is 16.7. The van der Waals surface area contributed by atoms with E-state index in [-0.39, 0.29) is 19.2 Å². The topological polar surface area (TPSA) is 112 Å². The second-order valence-corrected chi connectivity index (χ2v) is 2.94. The number of nitrogens with zero attached hydrogens (tertiary/aromatic N) is 3. The van der Waals surface area contributed by atoms with Crippen molar-refractivity contribution in [2.24, 2.45) is 0 Å². The summed E-state index contributed by atoms with van der Waals surface area (Å²) in [7, 11) is 0. The molecule has 82 valence electrons. The molecule has 0 radical (unpaired) electrons. The van der Waals surface area contributed by atoms with E-state index >= 15 is 0 Å². The summed E-state index contributed by atoms with van der Waals surface area (Å²) in [5.41, 5.74) is 4.67. The first kappa shape index (κ1) is 10.0. The molecule has 8 nitrogen and oxygen atoms in total. The number of rotatable bonds is 2. The molecule has 1 fully saturated rings. The van der Waals surface area contributed by atoms with Crippen molar-refractivity contribution in [1.29, 1.82) is 0 Å². The summed E-state index contributed by atoms with van der Waals surface area (Å²) in [5, 5.41) is 8.76. The number of aliphatic hydroxyl groups is 1. The highest BCUT2D eigenvalue weighted by Gasteiger charge is 2.27. The van der Waals surface area contributed by atoms with Gasteiger partial charge in [0.05, 0.1) is 13.2 Å². The molecule has 1 aromatic rings. The van der Waals surface area contributed by atoms with E-state index in [9.17, 15) is 4.79 Å². The Hall–Kier alpha value is -1.51. The van der Waals surface area contributed by atoms with E-state index in [4.69, 9.17) is 20.3 Å². The molecule has 1 saturated heterocycles. The van der Waals surface area contributed by atoms with Crippen LogP contribution < -0.4 is 11.4 Å². The van der Waals surface area contributed by atoms with Gasteiger partial charge in [0.25, 0.3) is 0 Å². The lowest BCUT2D eigenvalue weighted by atomic mass is 10.6. The van der Waals surface area contributed by atoms with Crippen molar-refractivity contribution < 1.29 is 14.6 Å². The first-order valence-corrected chi connectivity index (χ1v) is 4.29. The van der Waals surface area contributed by atoms with Gasteiger partial charge < -0.3 is 20.3 Å². The fraction of sp³-hybridized carbons (Fsp3) is 0.571. The maximum atomic E-state index is 11.4. The third-order valence-electron chi connectivity index (χ3n) is 1.94. The van der Waals surface area contributed by atoms with Crippen LogP contribution in [0.5, 0.6) is 0 Å². The van der Waals surface area contributed by atoms with Crippen molar-refractivity contribution in [3.63, 3.8) is 0 Å². The van der Waals surface area contributed by atoms with Crippen LogP contribution in [0.15, 0.2) is 11.1 Å². The average Bonchev–Trinajstić information content (AvgIpc) is 2.66. The number of ether oxygens (including phenoxy) is 2. The molecular weight excluding hydrogens is 204 g/mol. The van der Waals surface area contributed by atoms with Gasteiger partial charge in [-0.3, -0.25) is 4.57 Å². The van der Waals surface area contributed by atoms with Crippen LogP contribution in [-0.2, 0) is 9.47 Å². The predicted molar refractivity (Wildman–Crippen MR) is 47.7 cm³/mol. The molecule has 0 unspecified atom stereocenters. The number of anilines is 1. The first-order chi connectivity index (χ1) is 7.20. The molecule has 0 spiro atoms. The lowest BCUT2D eigenvalue weighted by molar-refractivity contribution is -0.0994. The molecule has 1 aliphatic rings. The number of aliphatic hydroxyl groups excluding tert-OH is 1. The van der Waals surface area contributed by atoms with Crippen LogP contribution in [0, 0.1) is 0 Å². The zero-order valence-electron chi connectivity index (χ0n) is 7.74. The minimum Gasteiger partial charge on any atom is -0.391 e. The molecule has 3 N–H and O–H groups in total. The molecule has 0 amide bonds. The maximum absolute atomic E-state index is 11.4. The van der Waals surface area contributed by atoms with Crippen molar-refractivity contribution in [1.82, 2.24) is 14.5 Å². The van der Waals surface area contributed by atoms with Crippen LogP contribution in [-0.4, -0.2) is 39.1 Å². The fourth-order valence-corrected chi connectivity index (χ4v) is 1.24. The van der Waals surface area contributed by atoms with Crippen LogP contribution in [0.2, 0.25) is 0 Å². The Bertz CT molecular complexity index is 406. The van der Waals surface area contributed by atoms with Crippen molar-refractivity contribution in [2.75, 3.05) is 18.9 Å². The predicted octanol–water partition coefficient (Wildman–Crippen LogP) is -1.92. The molecule has 1 aliphatic heterocycles. The Morgan fingerprint density at radius 2 is 2.53 bits per heavy atom. The number of aromatic nitrogens is 3. The monoisotopic (exact) mass is 214 g/mol. The molecule has 15 heavy (non-hydrogen) atoms. The van der Waals surface area contributed by atoms with Gasteiger partial charge in [0, 0.05) is 0 Å². The molecule has 2 heterocycles. The van der Waals surface area contributed by atoms with Crippen molar-refractivity contribution in [3.8, 4) is 0 Å². The normalized spacial score (nSPS) is 25.7. The van der Waals surface area contributed by atoms with Crippen molar-refractivity contribution in [3.05, 3.63) is 16.8 Å². The Morgan fingerprint density at radius 3 is 3.13 bits per heavy atom. The van der Waals surface area contributed by atoms with E-state index < -0.39 is 18.2 Å². The minimum absolute atomic E-state index is 0.0890. The summed E-state index contributed by atoms with van der Waals surface area (Å²) in [6, 6.07) is 0. The van der Waals surface area contributed by atoms with E-state index in [1.807, 2.05) is 0 Å². The van der Waals surface area contributed by atoms with Crippen molar-refractivity contribution >= 4 is 5.95 Å². The van der Waals surface area contributed by atoms with Crippen LogP contribution in [0.4, 0.5) is 5.95 Å². The van der Waals surface area contributed by atoms with Crippen LogP contribution in [0.3, 0.4) is 0 Å². The summed E-state index contributed by atoms with van der Waals surface area (Å²) in [4.78, 5) is 18.5. The van der Waals surface area contributed by atoms with Gasteiger partial charge >= 0.3 is 5.69 Å². The largest absolute Gasteiger partial charge is 0.391 e. The highest BCUT2D eigenvalue weighted by molar-refractivity contribution is 5.09. The summed E-state index contributed by atoms with van der Waals surface area (Å²) < 4.78 is 11.4. The molecule has 0 aromatic carbocycles. The van der Waals surface area contributed by atoms with Gasteiger partial charge in [-0.15, -0.1) is 0 Å². The zero-order valence-corrected chi connectivity index (χ0v) is 7.74. The number of nitrogen functional groups attached to an aromatic ring is 1. The van der Waals surface area contributed by atoms with Gasteiger partial charge in [-0.25, -0.2) is 9.78 Å². The van der Waals surface area contributed by atoms with Gasteiger partial charge in [-0.1, -0.05) is 0 Å².